The number of carbonyl (C=O) groups is 1. The van der Waals surface area contributed by atoms with Gasteiger partial charge in [0.25, 0.3) is 0 Å². The van der Waals surface area contributed by atoms with Crippen molar-refractivity contribution in [3.05, 3.63) is 58.3 Å². The fourth-order valence-electron chi connectivity index (χ4n) is 3.36. The summed E-state index contributed by atoms with van der Waals surface area (Å²) in [5.74, 6) is -0.533. The zero-order valence-electron chi connectivity index (χ0n) is 16.4. The minimum absolute atomic E-state index is 0.185. The fraction of sp³-hybridized carbons (Fsp3) is 0.381. The van der Waals surface area contributed by atoms with Gasteiger partial charge in [0.1, 0.15) is 5.82 Å². The molecule has 0 aromatic heterocycles. The maximum Gasteiger partial charge on any atom is 0.243 e. The van der Waals surface area contributed by atoms with E-state index >= 15 is 0 Å². The minimum atomic E-state index is -3.57. The van der Waals surface area contributed by atoms with E-state index in [0.717, 1.165) is 5.56 Å². The van der Waals surface area contributed by atoms with E-state index in [9.17, 15) is 17.6 Å². The second-order valence-corrected chi connectivity index (χ2v) is 10.3. The van der Waals surface area contributed by atoms with Gasteiger partial charge in [-0.25, -0.2) is 12.8 Å². The molecule has 2 aromatic rings. The van der Waals surface area contributed by atoms with Crippen molar-refractivity contribution in [3.63, 3.8) is 0 Å². The Labute approximate surface area is 179 Å². The van der Waals surface area contributed by atoms with Crippen LogP contribution in [0.2, 0.25) is 0 Å². The summed E-state index contributed by atoms with van der Waals surface area (Å²) in [5.41, 5.74) is 1.59. The smallest absolute Gasteiger partial charge is 0.243 e. The first-order valence-electron chi connectivity index (χ1n) is 9.54. The molecule has 0 bridgehead atoms. The van der Waals surface area contributed by atoms with Crippen molar-refractivity contribution in [3.8, 4) is 0 Å². The van der Waals surface area contributed by atoms with Crippen molar-refractivity contribution in [2.75, 3.05) is 18.4 Å². The van der Waals surface area contributed by atoms with E-state index < -0.39 is 15.8 Å². The van der Waals surface area contributed by atoms with Gasteiger partial charge in [0.2, 0.25) is 15.9 Å². The van der Waals surface area contributed by atoms with Crippen molar-refractivity contribution in [1.29, 1.82) is 0 Å². The van der Waals surface area contributed by atoms with E-state index in [1.165, 1.54) is 22.5 Å². The van der Waals surface area contributed by atoms with Crippen LogP contribution >= 0.6 is 15.9 Å². The van der Waals surface area contributed by atoms with E-state index in [4.69, 9.17) is 0 Å². The van der Waals surface area contributed by atoms with Crippen molar-refractivity contribution in [2.45, 2.75) is 37.5 Å². The Morgan fingerprint density at radius 2 is 1.76 bits per heavy atom. The van der Waals surface area contributed by atoms with Gasteiger partial charge in [0, 0.05) is 23.5 Å². The molecule has 0 spiro atoms. The number of piperidine rings is 1. The number of rotatable bonds is 5. The molecular weight excluding hydrogens is 459 g/mol. The Morgan fingerprint density at radius 1 is 1.14 bits per heavy atom. The Balaban J connectivity index is 1.62. The molecule has 29 heavy (non-hydrogen) atoms. The number of halogens is 2. The molecule has 0 radical (unpaired) electrons. The maximum absolute atomic E-state index is 13.2. The third-order valence-electron chi connectivity index (χ3n) is 5.20. The number of hydrogen-bond donors (Lipinski definition) is 1. The van der Waals surface area contributed by atoms with Crippen LogP contribution in [0.15, 0.2) is 51.8 Å². The highest BCUT2D eigenvalue weighted by molar-refractivity contribution is 9.10. The van der Waals surface area contributed by atoms with Crippen LogP contribution in [0.1, 0.15) is 38.2 Å². The molecule has 156 valence electrons. The van der Waals surface area contributed by atoms with Crippen LogP contribution in [-0.2, 0) is 14.8 Å². The van der Waals surface area contributed by atoms with Crippen molar-refractivity contribution in [1.82, 2.24) is 4.31 Å². The molecule has 0 atom stereocenters. The van der Waals surface area contributed by atoms with Crippen LogP contribution < -0.4 is 5.32 Å². The number of nitrogens with zero attached hydrogens (tertiary/aromatic N) is 1. The molecule has 1 fully saturated rings. The molecule has 1 amide bonds. The van der Waals surface area contributed by atoms with Crippen LogP contribution in [0, 0.1) is 11.7 Å². The number of nitrogens with one attached hydrogen (secondary N) is 1. The van der Waals surface area contributed by atoms with E-state index in [1.54, 1.807) is 12.1 Å². The third-order valence-corrected chi connectivity index (χ3v) is 7.77. The summed E-state index contributed by atoms with van der Waals surface area (Å²) >= 11 is 3.23. The van der Waals surface area contributed by atoms with Gasteiger partial charge in [-0.2, -0.15) is 4.31 Å². The number of carbonyl (C=O) groups excluding carboxylic acids is 1. The van der Waals surface area contributed by atoms with E-state index in [-0.39, 0.29) is 29.8 Å². The number of sulfonamides is 1. The van der Waals surface area contributed by atoms with E-state index in [2.05, 4.69) is 35.1 Å². The lowest BCUT2D eigenvalue weighted by Gasteiger charge is -2.30. The van der Waals surface area contributed by atoms with Gasteiger partial charge in [0.15, 0.2) is 0 Å². The molecule has 1 heterocycles. The molecule has 2 aromatic carbocycles. The quantitative estimate of drug-likeness (QED) is 0.668. The minimum Gasteiger partial charge on any atom is -0.325 e. The monoisotopic (exact) mass is 482 g/mol. The number of benzene rings is 2. The van der Waals surface area contributed by atoms with Gasteiger partial charge in [-0.05, 0) is 70.6 Å². The van der Waals surface area contributed by atoms with Gasteiger partial charge in [-0.1, -0.05) is 26.0 Å². The largest absolute Gasteiger partial charge is 0.325 e. The van der Waals surface area contributed by atoms with Crippen molar-refractivity contribution < 1.29 is 17.6 Å². The summed E-state index contributed by atoms with van der Waals surface area (Å²) < 4.78 is 40.9. The molecule has 1 aliphatic heterocycles. The Morgan fingerprint density at radius 3 is 2.31 bits per heavy atom. The predicted octanol–water partition coefficient (Wildman–Crippen LogP) is 4.75. The molecule has 8 heteroatoms. The number of hydrogen-bond acceptors (Lipinski definition) is 3. The average molecular weight is 483 g/mol. The molecule has 0 unspecified atom stereocenters. The maximum atomic E-state index is 13.2. The summed E-state index contributed by atoms with van der Waals surface area (Å²) in [6.45, 7) is 4.70. The standard InChI is InChI=1S/C21H24BrFN2O3S/c1-14(2)15-3-6-18(7-4-15)29(27,28)25-11-9-16(10-12-25)21(26)24-20-8-5-17(23)13-19(20)22/h3-8,13-14,16H,9-12H2,1-2H3,(H,24,26). The van der Waals surface area contributed by atoms with E-state index in [1.807, 2.05) is 12.1 Å². The summed E-state index contributed by atoms with van der Waals surface area (Å²) in [7, 11) is -3.57. The highest BCUT2D eigenvalue weighted by atomic mass is 79.9. The van der Waals surface area contributed by atoms with Gasteiger partial charge in [-0.15, -0.1) is 0 Å². The predicted molar refractivity (Wildman–Crippen MR) is 115 cm³/mol. The second kappa shape index (κ2) is 8.93. The highest BCUT2D eigenvalue weighted by Gasteiger charge is 2.32. The Bertz CT molecular complexity index is 985. The lowest BCUT2D eigenvalue weighted by Crippen LogP contribution is -2.41. The lowest BCUT2D eigenvalue weighted by atomic mass is 9.97. The molecular formula is C21H24BrFN2O3S. The zero-order valence-corrected chi connectivity index (χ0v) is 18.8. The van der Waals surface area contributed by atoms with Gasteiger partial charge in [0.05, 0.1) is 10.6 Å². The van der Waals surface area contributed by atoms with E-state index in [0.29, 0.717) is 28.9 Å². The zero-order chi connectivity index (χ0) is 21.2. The van der Waals surface area contributed by atoms with Crippen LogP contribution in [-0.4, -0.2) is 31.7 Å². The second-order valence-electron chi connectivity index (χ2n) is 7.52. The lowest BCUT2D eigenvalue weighted by molar-refractivity contribution is -0.120. The van der Waals surface area contributed by atoms with Crippen LogP contribution in [0.25, 0.3) is 0 Å². The Hall–Kier alpha value is -1.77. The van der Waals surface area contributed by atoms with Gasteiger partial charge in [-0.3, -0.25) is 4.79 Å². The molecule has 1 saturated heterocycles. The molecule has 1 N–H and O–H groups in total. The average Bonchev–Trinajstić information content (AvgIpc) is 2.70. The van der Waals surface area contributed by atoms with Crippen LogP contribution in [0.5, 0.6) is 0 Å². The molecule has 0 aliphatic carbocycles. The summed E-state index contributed by atoms with van der Waals surface area (Å²) in [4.78, 5) is 12.8. The van der Waals surface area contributed by atoms with Crippen LogP contribution in [0.4, 0.5) is 10.1 Å². The fourth-order valence-corrected chi connectivity index (χ4v) is 5.28. The van der Waals surface area contributed by atoms with Gasteiger partial charge >= 0.3 is 0 Å². The summed E-state index contributed by atoms with van der Waals surface area (Å²) in [6, 6.07) is 11.1. The van der Waals surface area contributed by atoms with Crippen molar-refractivity contribution >= 4 is 37.5 Å². The molecule has 0 saturated carbocycles. The first-order valence-corrected chi connectivity index (χ1v) is 11.8. The Kier molecular flexibility index (Phi) is 6.76. The normalized spacial score (nSPS) is 16.2. The summed E-state index contributed by atoms with van der Waals surface area (Å²) in [6.07, 6.45) is 0.877. The molecule has 1 aliphatic rings. The summed E-state index contributed by atoms with van der Waals surface area (Å²) in [5, 5.41) is 2.79. The third kappa shape index (κ3) is 5.05. The first kappa shape index (κ1) is 21.9. The number of anilines is 1. The van der Waals surface area contributed by atoms with Gasteiger partial charge < -0.3 is 5.32 Å². The van der Waals surface area contributed by atoms with Crippen LogP contribution in [0.3, 0.4) is 0 Å². The molecule has 5 nitrogen and oxygen atoms in total. The van der Waals surface area contributed by atoms with Crippen molar-refractivity contribution in [2.24, 2.45) is 5.92 Å². The topological polar surface area (TPSA) is 66.5 Å². The molecule has 3 rings (SSSR count). The number of amides is 1. The SMILES string of the molecule is CC(C)c1ccc(S(=O)(=O)N2CCC(C(=O)Nc3ccc(F)cc3Br)CC2)cc1. The first-order chi connectivity index (χ1) is 13.7. The highest BCUT2D eigenvalue weighted by Crippen LogP contribution is 2.28.